The predicted octanol–water partition coefficient (Wildman–Crippen LogP) is 2.44. The van der Waals surface area contributed by atoms with Crippen LogP contribution in [0, 0.1) is 0 Å². The van der Waals surface area contributed by atoms with Crippen molar-refractivity contribution >= 4 is 24.2 Å². The van der Waals surface area contributed by atoms with Crippen LogP contribution in [0.3, 0.4) is 0 Å². The van der Waals surface area contributed by atoms with E-state index in [1.807, 2.05) is 13.8 Å². The molecule has 0 amide bonds. The lowest BCUT2D eigenvalue weighted by Gasteiger charge is -2.14. The van der Waals surface area contributed by atoms with Crippen molar-refractivity contribution < 1.29 is 14.3 Å². The van der Waals surface area contributed by atoms with Gasteiger partial charge in [-0.3, -0.25) is 0 Å². The summed E-state index contributed by atoms with van der Waals surface area (Å²) in [5.41, 5.74) is 5.85. The molecule has 6 heteroatoms. The van der Waals surface area contributed by atoms with Gasteiger partial charge in [0.2, 0.25) is 0 Å². The average Bonchev–Trinajstić information content (AvgIpc) is 2.15. The molecule has 18 heavy (non-hydrogen) atoms. The lowest BCUT2D eigenvalue weighted by Crippen LogP contribution is -2.15. The monoisotopic (exact) mass is 274 g/mol. The van der Waals surface area contributed by atoms with E-state index in [0.717, 1.165) is 0 Å². The summed E-state index contributed by atoms with van der Waals surface area (Å²) in [6.45, 7) is 7.31. The molecule has 0 aromatic carbocycles. The first kappa shape index (κ1) is 16.5. The Labute approximate surface area is 113 Å². The molecule has 1 aromatic rings. The summed E-state index contributed by atoms with van der Waals surface area (Å²) in [7, 11) is 0. The van der Waals surface area contributed by atoms with Crippen LogP contribution in [0.1, 0.15) is 38.1 Å². The van der Waals surface area contributed by atoms with Gasteiger partial charge in [-0.25, -0.2) is 9.78 Å². The number of aromatic nitrogens is 1. The molecule has 0 spiro atoms. The van der Waals surface area contributed by atoms with Gasteiger partial charge < -0.3 is 15.2 Å². The standard InChI is InChI=1S/C12H18N2O3.ClH/c1-7(2)16-10-5-11(13)14-6-9(10)12(15)17-8(3)4;/h5-8H,1-4H3,(H2,13,14);1H. The van der Waals surface area contributed by atoms with Crippen LogP contribution < -0.4 is 10.5 Å². The first-order valence-corrected chi connectivity index (χ1v) is 5.53. The van der Waals surface area contributed by atoms with Crippen molar-refractivity contribution in [1.82, 2.24) is 4.98 Å². The number of carbonyl (C=O) groups is 1. The molecule has 0 saturated heterocycles. The maximum Gasteiger partial charge on any atom is 0.343 e. The SMILES string of the molecule is CC(C)OC(=O)c1cnc(N)cc1OC(C)C.Cl. The average molecular weight is 275 g/mol. The molecule has 1 heterocycles. The van der Waals surface area contributed by atoms with Crippen molar-refractivity contribution in [3.05, 3.63) is 17.8 Å². The minimum absolute atomic E-state index is 0. The van der Waals surface area contributed by atoms with Crippen LogP contribution in [0.2, 0.25) is 0 Å². The van der Waals surface area contributed by atoms with Crippen molar-refractivity contribution in [2.45, 2.75) is 39.9 Å². The summed E-state index contributed by atoms with van der Waals surface area (Å²) in [6.07, 6.45) is 1.13. The molecule has 0 saturated carbocycles. The van der Waals surface area contributed by atoms with Gasteiger partial charge in [0.15, 0.2) is 0 Å². The second kappa shape index (κ2) is 7.06. The third-order valence-electron chi connectivity index (χ3n) is 1.81. The van der Waals surface area contributed by atoms with E-state index in [-0.39, 0.29) is 24.6 Å². The van der Waals surface area contributed by atoms with Crippen molar-refractivity contribution in [2.24, 2.45) is 0 Å². The smallest absolute Gasteiger partial charge is 0.343 e. The molecule has 0 radical (unpaired) electrons. The fraction of sp³-hybridized carbons (Fsp3) is 0.500. The number of halogens is 1. The number of carbonyl (C=O) groups excluding carboxylic acids is 1. The second-order valence-corrected chi connectivity index (χ2v) is 4.23. The van der Waals surface area contributed by atoms with Crippen LogP contribution in [0.15, 0.2) is 12.3 Å². The maximum atomic E-state index is 11.8. The molecule has 0 atom stereocenters. The normalized spacial score (nSPS) is 10.1. The van der Waals surface area contributed by atoms with E-state index in [4.69, 9.17) is 15.2 Å². The van der Waals surface area contributed by atoms with Gasteiger partial charge in [0.05, 0.1) is 12.2 Å². The van der Waals surface area contributed by atoms with Crippen LogP contribution in [0.25, 0.3) is 0 Å². The first-order valence-electron chi connectivity index (χ1n) is 5.53. The van der Waals surface area contributed by atoms with Gasteiger partial charge in [-0.05, 0) is 27.7 Å². The molecule has 0 aliphatic carbocycles. The van der Waals surface area contributed by atoms with E-state index < -0.39 is 5.97 Å². The molecule has 0 bridgehead atoms. The minimum Gasteiger partial charge on any atom is -0.490 e. The van der Waals surface area contributed by atoms with Gasteiger partial charge in [-0.2, -0.15) is 0 Å². The Morgan fingerprint density at radius 1 is 1.28 bits per heavy atom. The highest BCUT2D eigenvalue weighted by molar-refractivity contribution is 5.92. The largest absolute Gasteiger partial charge is 0.490 e. The van der Waals surface area contributed by atoms with Gasteiger partial charge in [0.1, 0.15) is 17.1 Å². The van der Waals surface area contributed by atoms with Crippen molar-refractivity contribution in [3.63, 3.8) is 0 Å². The molecule has 2 N–H and O–H groups in total. The summed E-state index contributed by atoms with van der Waals surface area (Å²) < 4.78 is 10.6. The van der Waals surface area contributed by atoms with Crippen LogP contribution in [0.4, 0.5) is 5.82 Å². The van der Waals surface area contributed by atoms with Gasteiger partial charge in [0.25, 0.3) is 0 Å². The molecule has 0 aliphatic rings. The number of pyridine rings is 1. The molecule has 0 fully saturated rings. The Morgan fingerprint density at radius 3 is 2.39 bits per heavy atom. The van der Waals surface area contributed by atoms with Crippen LogP contribution >= 0.6 is 12.4 Å². The zero-order chi connectivity index (χ0) is 13.0. The summed E-state index contributed by atoms with van der Waals surface area (Å²) >= 11 is 0. The number of hydrogen-bond donors (Lipinski definition) is 1. The predicted molar refractivity (Wildman–Crippen MR) is 72.2 cm³/mol. The molecular weight excluding hydrogens is 256 g/mol. The van der Waals surface area contributed by atoms with E-state index in [2.05, 4.69) is 4.98 Å². The highest BCUT2D eigenvalue weighted by Crippen LogP contribution is 2.22. The molecular formula is C12H19ClN2O3. The van der Waals surface area contributed by atoms with Gasteiger partial charge in [0, 0.05) is 12.3 Å². The first-order chi connectivity index (χ1) is 7.90. The Morgan fingerprint density at radius 2 is 1.89 bits per heavy atom. The Balaban J connectivity index is 0.00000289. The third kappa shape index (κ3) is 4.79. The quantitative estimate of drug-likeness (QED) is 0.854. The molecule has 102 valence electrons. The summed E-state index contributed by atoms with van der Waals surface area (Å²) in [4.78, 5) is 15.7. The number of nitrogen functional groups attached to an aromatic ring is 1. The van der Waals surface area contributed by atoms with E-state index >= 15 is 0 Å². The number of rotatable bonds is 4. The lowest BCUT2D eigenvalue weighted by molar-refractivity contribution is 0.0371. The number of ether oxygens (including phenoxy) is 2. The van der Waals surface area contributed by atoms with Crippen molar-refractivity contribution in [3.8, 4) is 5.75 Å². The molecule has 1 aromatic heterocycles. The van der Waals surface area contributed by atoms with E-state index in [9.17, 15) is 4.79 Å². The zero-order valence-corrected chi connectivity index (χ0v) is 11.8. The topological polar surface area (TPSA) is 74.4 Å². The summed E-state index contributed by atoms with van der Waals surface area (Å²) in [5, 5.41) is 0. The van der Waals surface area contributed by atoms with E-state index in [0.29, 0.717) is 17.1 Å². The van der Waals surface area contributed by atoms with Crippen molar-refractivity contribution in [2.75, 3.05) is 5.73 Å². The number of esters is 1. The van der Waals surface area contributed by atoms with Crippen LogP contribution in [-0.4, -0.2) is 23.2 Å². The van der Waals surface area contributed by atoms with Gasteiger partial charge in [-0.1, -0.05) is 0 Å². The van der Waals surface area contributed by atoms with Crippen LogP contribution in [0.5, 0.6) is 5.75 Å². The second-order valence-electron chi connectivity index (χ2n) is 4.23. The highest BCUT2D eigenvalue weighted by atomic mass is 35.5. The number of nitrogens with zero attached hydrogens (tertiary/aromatic N) is 1. The van der Waals surface area contributed by atoms with Crippen molar-refractivity contribution in [1.29, 1.82) is 0 Å². The number of hydrogen-bond acceptors (Lipinski definition) is 5. The maximum absolute atomic E-state index is 11.8. The molecule has 5 nitrogen and oxygen atoms in total. The van der Waals surface area contributed by atoms with Gasteiger partial charge >= 0.3 is 5.97 Å². The molecule has 0 unspecified atom stereocenters. The molecule has 1 rings (SSSR count). The summed E-state index contributed by atoms with van der Waals surface area (Å²) in [6, 6.07) is 1.52. The fourth-order valence-electron chi connectivity index (χ4n) is 1.23. The Kier molecular flexibility index (Phi) is 6.47. The Bertz CT molecular complexity index is 408. The van der Waals surface area contributed by atoms with Gasteiger partial charge in [-0.15, -0.1) is 12.4 Å². The fourth-order valence-corrected chi connectivity index (χ4v) is 1.23. The third-order valence-corrected chi connectivity index (χ3v) is 1.81. The zero-order valence-electron chi connectivity index (χ0n) is 11.0. The van der Waals surface area contributed by atoms with E-state index in [1.165, 1.54) is 12.3 Å². The van der Waals surface area contributed by atoms with Crippen LogP contribution in [-0.2, 0) is 4.74 Å². The molecule has 0 aliphatic heterocycles. The number of nitrogens with two attached hydrogens (primary N) is 1. The van der Waals surface area contributed by atoms with E-state index in [1.54, 1.807) is 13.8 Å². The minimum atomic E-state index is -0.455. The Hall–Kier alpha value is -1.49. The highest BCUT2D eigenvalue weighted by Gasteiger charge is 2.17. The summed E-state index contributed by atoms with van der Waals surface area (Å²) in [5.74, 6) is 0.253. The number of anilines is 1. The lowest BCUT2D eigenvalue weighted by atomic mass is 10.2.